The number of hydrogen-bond donors (Lipinski definition) is 0. The van der Waals surface area contributed by atoms with E-state index in [0.29, 0.717) is 12.6 Å². The minimum Gasteiger partial charge on any atom is -0.467 e. The van der Waals surface area contributed by atoms with Crippen LogP contribution in [0.1, 0.15) is 32.4 Å². The van der Waals surface area contributed by atoms with Gasteiger partial charge in [-0.25, -0.2) is 0 Å². The third-order valence-electron chi connectivity index (χ3n) is 2.59. The van der Waals surface area contributed by atoms with Gasteiger partial charge in [0, 0.05) is 12.1 Å². The first-order chi connectivity index (χ1) is 7.66. The lowest BCUT2D eigenvalue weighted by molar-refractivity contribution is -0.127. The topological polar surface area (TPSA) is 33.5 Å². The number of carbonyl (C=O) groups excluding carboxylic acids is 1. The summed E-state index contributed by atoms with van der Waals surface area (Å²) in [4.78, 5) is 13.9. The molecule has 1 aliphatic rings. The van der Waals surface area contributed by atoms with E-state index in [2.05, 4.69) is 0 Å². The summed E-state index contributed by atoms with van der Waals surface area (Å²) in [5.74, 6) is 0.946. The van der Waals surface area contributed by atoms with Gasteiger partial charge in [-0.1, -0.05) is 5.57 Å². The van der Waals surface area contributed by atoms with Crippen molar-refractivity contribution in [2.24, 2.45) is 0 Å². The predicted octanol–water partition coefficient (Wildman–Crippen LogP) is 2.74. The smallest absolute Gasteiger partial charge is 0.247 e. The van der Waals surface area contributed by atoms with Crippen LogP contribution in [0.15, 0.2) is 34.5 Å². The first kappa shape index (κ1) is 11.0. The predicted molar refractivity (Wildman–Crippen MR) is 61.7 cm³/mol. The Kier molecular flexibility index (Phi) is 3.13. The molecule has 1 aromatic heterocycles. The van der Waals surface area contributed by atoms with Gasteiger partial charge in [-0.05, 0) is 38.8 Å². The van der Waals surface area contributed by atoms with E-state index in [-0.39, 0.29) is 5.91 Å². The van der Waals surface area contributed by atoms with Gasteiger partial charge in [0.05, 0.1) is 12.8 Å². The third-order valence-corrected chi connectivity index (χ3v) is 2.59. The van der Waals surface area contributed by atoms with Crippen LogP contribution in [-0.4, -0.2) is 16.8 Å². The van der Waals surface area contributed by atoms with E-state index < -0.39 is 0 Å². The molecule has 3 heteroatoms. The first-order valence-electron chi connectivity index (χ1n) is 5.64. The van der Waals surface area contributed by atoms with E-state index in [1.807, 2.05) is 30.9 Å². The second kappa shape index (κ2) is 4.56. The van der Waals surface area contributed by atoms with Gasteiger partial charge >= 0.3 is 0 Å². The van der Waals surface area contributed by atoms with Crippen molar-refractivity contribution in [3.8, 4) is 0 Å². The fourth-order valence-electron chi connectivity index (χ4n) is 1.67. The maximum Gasteiger partial charge on any atom is 0.247 e. The molecule has 1 fully saturated rings. The normalized spacial score (nSPS) is 14.6. The summed E-state index contributed by atoms with van der Waals surface area (Å²) in [6.45, 7) is 4.46. The minimum absolute atomic E-state index is 0.0962. The molecule has 16 heavy (non-hydrogen) atoms. The molecule has 3 nitrogen and oxygen atoms in total. The summed E-state index contributed by atoms with van der Waals surface area (Å²) in [6.07, 6.45) is 5.57. The fourth-order valence-corrected chi connectivity index (χ4v) is 1.67. The van der Waals surface area contributed by atoms with E-state index >= 15 is 0 Å². The van der Waals surface area contributed by atoms with E-state index in [1.165, 1.54) is 0 Å². The monoisotopic (exact) mass is 219 g/mol. The molecule has 0 atom stereocenters. The van der Waals surface area contributed by atoms with Crippen LogP contribution in [0.5, 0.6) is 0 Å². The number of amides is 1. The van der Waals surface area contributed by atoms with Gasteiger partial charge in [-0.15, -0.1) is 0 Å². The van der Waals surface area contributed by atoms with Crippen molar-refractivity contribution < 1.29 is 9.21 Å². The summed E-state index contributed by atoms with van der Waals surface area (Å²) in [5.41, 5.74) is 1.04. The molecular weight excluding hydrogens is 202 g/mol. The molecule has 0 aromatic carbocycles. The van der Waals surface area contributed by atoms with Gasteiger partial charge in [-0.2, -0.15) is 0 Å². The molecule has 1 aromatic rings. The highest BCUT2D eigenvalue weighted by atomic mass is 16.3. The van der Waals surface area contributed by atoms with Crippen LogP contribution in [0.2, 0.25) is 0 Å². The number of carbonyl (C=O) groups is 1. The maximum atomic E-state index is 12.0. The van der Waals surface area contributed by atoms with Crippen molar-refractivity contribution in [3.05, 3.63) is 35.8 Å². The summed E-state index contributed by atoms with van der Waals surface area (Å²) >= 11 is 0. The van der Waals surface area contributed by atoms with Crippen LogP contribution >= 0.6 is 0 Å². The average molecular weight is 219 g/mol. The lowest BCUT2D eigenvalue weighted by atomic mass is 10.3. The summed E-state index contributed by atoms with van der Waals surface area (Å²) in [5, 5.41) is 0. The average Bonchev–Trinajstić information content (AvgIpc) is 2.91. The molecule has 1 saturated carbocycles. The van der Waals surface area contributed by atoms with Crippen LogP contribution in [-0.2, 0) is 11.3 Å². The van der Waals surface area contributed by atoms with Crippen molar-refractivity contribution in [1.82, 2.24) is 4.90 Å². The fraction of sp³-hybridized carbons (Fsp3) is 0.462. The van der Waals surface area contributed by atoms with Gasteiger partial charge < -0.3 is 9.32 Å². The highest BCUT2D eigenvalue weighted by molar-refractivity contribution is 5.88. The molecule has 1 aliphatic carbocycles. The van der Waals surface area contributed by atoms with Gasteiger partial charge in [0.25, 0.3) is 0 Å². The zero-order valence-electron chi connectivity index (χ0n) is 9.77. The molecule has 0 aliphatic heterocycles. The quantitative estimate of drug-likeness (QED) is 0.729. The van der Waals surface area contributed by atoms with E-state index in [4.69, 9.17) is 4.42 Å². The summed E-state index contributed by atoms with van der Waals surface area (Å²) in [7, 11) is 0. The Balaban J connectivity index is 2.05. The van der Waals surface area contributed by atoms with Gasteiger partial charge in [-0.3, -0.25) is 4.79 Å². The molecule has 2 rings (SSSR count). The van der Waals surface area contributed by atoms with Gasteiger partial charge in [0.1, 0.15) is 5.76 Å². The molecule has 0 N–H and O–H groups in total. The molecule has 0 spiro atoms. The van der Waals surface area contributed by atoms with Crippen molar-refractivity contribution >= 4 is 5.91 Å². The van der Waals surface area contributed by atoms with Gasteiger partial charge in [0.2, 0.25) is 5.91 Å². The summed E-state index contributed by atoms with van der Waals surface area (Å²) in [6, 6.07) is 4.17. The Morgan fingerprint density at radius 3 is 2.81 bits per heavy atom. The summed E-state index contributed by atoms with van der Waals surface area (Å²) < 4.78 is 5.28. The minimum atomic E-state index is 0.0962. The van der Waals surface area contributed by atoms with Crippen LogP contribution in [0.25, 0.3) is 0 Å². The number of nitrogens with zero attached hydrogens (tertiary/aromatic N) is 1. The van der Waals surface area contributed by atoms with Crippen LogP contribution in [0.3, 0.4) is 0 Å². The zero-order chi connectivity index (χ0) is 11.5. The second-order valence-corrected chi connectivity index (χ2v) is 4.50. The second-order valence-electron chi connectivity index (χ2n) is 4.50. The van der Waals surface area contributed by atoms with Crippen molar-refractivity contribution in [3.63, 3.8) is 0 Å². The molecule has 86 valence electrons. The standard InChI is InChI=1S/C13H17NO2/c1-10(2)8-13(15)14(11-5-6-11)9-12-4-3-7-16-12/h3-4,7-8,11H,5-6,9H2,1-2H3. The third kappa shape index (κ3) is 2.75. The lowest BCUT2D eigenvalue weighted by Gasteiger charge is -2.19. The number of allylic oxidation sites excluding steroid dienone is 1. The number of furan rings is 1. The first-order valence-corrected chi connectivity index (χ1v) is 5.64. The molecule has 0 radical (unpaired) electrons. The highest BCUT2D eigenvalue weighted by Gasteiger charge is 2.32. The van der Waals surface area contributed by atoms with Crippen LogP contribution in [0, 0.1) is 0 Å². The van der Waals surface area contributed by atoms with E-state index in [1.54, 1.807) is 12.3 Å². The molecule has 1 heterocycles. The molecule has 0 bridgehead atoms. The number of rotatable bonds is 4. The van der Waals surface area contributed by atoms with Crippen molar-refractivity contribution in [2.45, 2.75) is 39.3 Å². The van der Waals surface area contributed by atoms with Crippen LogP contribution in [0.4, 0.5) is 0 Å². The van der Waals surface area contributed by atoms with Gasteiger partial charge in [0.15, 0.2) is 0 Å². The molecule has 0 saturated heterocycles. The Hall–Kier alpha value is -1.51. The van der Waals surface area contributed by atoms with Crippen LogP contribution < -0.4 is 0 Å². The Bertz CT molecular complexity index is 384. The van der Waals surface area contributed by atoms with E-state index in [0.717, 1.165) is 24.2 Å². The molecular formula is C13H17NO2. The molecule has 0 unspecified atom stereocenters. The van der Waals surface area contributed by atoms with E-state index in [9.17, 15) is 4.79 Å². The highest BCUT2D eigenvalue weighted by Crippen LogP contribution is 2.28. The maximum absolute atomic E-state index is 12.0. The Morgan fingerprint density at radius 2 is 2.31 bits per heavy atom. The largest absolute Gasteiger partial charge is 0.467 e. The Morgan fingerprint density at radius 1 is 1.56 bits per heavy atom. The Labute approximate surface area is 95.7 Å². The van der Waals surface area contributed by atoms with Crippen molar-refractivity contribution in [1.29, 1.82) is 0 Å². The number of hydrogen-bond acceptors (Lipinski definition) is 2. The SMILES string of the molecule is CC(C)=CC(=O)N(Cc1ccco1)C1CC1. The van der Waals surface area contributed by atoms with Crippen molar-refractivity contribution in [2.75, 3.05) is 0 Å². The zero-order valence-corrected chi connectivity index (χ0v) is 9.77. The lowest BCUT2D eigenvalue weighted by Crippen LogP contribution is -2.31. The molecule has 1 amide bonds.